The van der Waals surface area contributed by atoms with Crippen LogP contribution in [-0.4, -0.2) is 57.5 Å². The van der Waals surface area contributed by atoms with E-state index in [0.717, 1.165) is 19.9 Å². The van der Waals surface area contributed by atoms with Gasteiger partial charge in [-0.25, -0.2) is 4.79 Å². The van der Waals surface area contributed by atoms with Gasteiger partial charge in [0.2, 0.25) is 6.10 Å². The van der Waals surface area contributed by atoms with Crippen LogP contribution in [-0.2, 0) is 33.4 Å². The molecule has 2 rings (SSSR count). The lowest BCUT2D eigenvalue weighted by Gasteiger charge is -2.45. The van der Waals surface area contributed by atoms with Gasteiger partial charge >= 0.3 is 17.9 Å². The van der Waals surface area contributed by atoms with Gasteiger partial charge in [-0.15, -0.1) is 0 Å². The summed E-state index contributed by atoms with van der Waals surface area (Å²) in [5.74, 6) is -8.14. The van der Waals surface area contributed by atoms with E-state index in [0.29, 0.717) is 0 Å². The Hall–Kier alpha value is -2.52. The number of carbonyl (C=O) groups excluding carboxylic acids is 4. The van der Waals surface area contributed by atoms with Crippen molar-refractivity contribution in [2.24, 2.45) is 17.8 Å². The van der Waals surface area contributed by atoms with E-state index < -0.39 is 53.2 Å². The molecule has 0 amide bonds. The van der Waals surface area contributed by atoms with Gasteiger partial charge in [-0.3, -0.25) is 14.4 Å². The number of hydrogen-bond donors (Lipinski definition) is 2. The molecule has 0 bridgehead atoms. The molecule has 9 heteroatoms. The van der Waals surface area contributed by atoms with E-state index in [4.69, 9.17) is 14.2 Å². The lowest BCUT2D eigenvalue weighted by molar-refractivity contribution is -0.300. The predicted molar refractivity (Wildman–Crippen MR) is 107 cm³/mol. The van der Waals surface area contributed by atoms with E-state index in [1.54, 1.807) is 20.8 Å². The summed E-state index contributed by atoms with van der Waals surface area (Å²) in [6.07, 6.45) is -0.388. The molecule has 0 aromatic heterocycles. The van der Waals surface area contributed by atoms with Crippen LogP contribution in [0.25, 0.3) is 0 Å². The van der Waals surface area contributed by atoms with Gasteiger partial charge in [0, 0.05) is 18.9 Å². The van der Waals surface area contributed by atoms with Gasteiger partial charge in [-0.1, -0.05) is 33.4 Å². The van der Waals surface area contributed by atoms with Gasteiger partial charge in [0.05, 0.1) is 5.92 Å². The van der Waals surface area contributed by atoms with Gasteiger partial charge in [0.25, 0.3) is 5.79 Å². The molecule has 0 unspecified atom stereocenters. The highest BCUT2D eigenvalue weighted by Crippen LogP contribution is 2.45. The molecule has 172 valence electrons. The van der Waals surface area contributed by atoms with Crippen LogP contribution in [0.2, 0.25) is 0 Å². The van der Waals surface area contributed by atoms with E-state index in [-0.39, 0.29) is 30.3 Å². The Balaban J connectivity index is 2.74. The number of hydrogen-bond acceptors (Lipinski definition) is 9. The summed E-state index contributed by atoms with van der Waals surface area (Å²) in [7, 11) is 0. The van der Waals surface area contributed by atoms with Crippen LogP contribution in [0.4, 0.5) is 0 Å². The SMILES string of the molecule is C=C1C(=O)O[C@@H]2C[C@@H](C)/C=C\C(=O)[C@](C)(O)[C@@H](OC(C)=O)[C@@](O)(OC(=O)CC(C)C)[C@@H]12. The Bertz CT molecular complexity index is 810. The van der Waals surface area contributed by atoms with Crippen LogP contribution in [0.5, 0.6) is 0 Å². The first kappa shape index (κ1) is 24.7. The molecule has 31 heavy (non-hydrogen) atoms. The Morgan fingerprint density at radius 2 is 1.94 bits per heavy atom. The number of esters is 3. The maximum atomic E-state index is 12.8. The molecule has 0 aromatic rings. The molecule has 0 saturated carbocycles. The zero-order chi connectivity index (χ0) is 23.7. The highest BCUT2D eigenvalue weighted by Gasteiger charge is 2.65. The zero-order valence-corrected chi connectivity index (χ0v) is 18.4. The van der Waals surface area contributed by atoms with Crippen LogP contribution in [0.3, 0.4) is 0 Å². The van der Waals surface area contributed by atoms with Gasteiger partial charge in [-0.05, 0) is 31.3 Å². The fraction of sp³-hybridized carbons (Fsp3) is 0.636. The number of ketones is 1. The van der Waals surface area contributed by atoms with Gasteiger partial charge in [0.1, 0.15) is 6.10 Å². The molecule has 1 saturated heterocycles. The quantitative estimate of drug-likeness (QED) is 0.287. The fourth-order valence-electron chi connectivity index (χ4n) is 3.93. The third-order valence-electron chi connectivity index (χ3n) is 5.41. The molecule has 0 aromatic carbocycles. The summed E-state index contributed by atoms with van der Waals surface area (Å²) < 4.78 is 15.9. The Labute approximate surface area is 181 Å². The van der Waals surface area contributed by atoms with Crippen molar-refractivity contribution in [3.8, 4) is 0 Å². The first-order valence-corrected chi connectivity index (χ1v) is 10.2. The first-order chi connectivity index (χ1) is 14.2. The lowest BCUT2D eigenvalue weighted by atomic mass is 9.75. The molecule has 6 atom stereocenters. The van der Waals surface area contributed by atoms with Crippen molar-refractivity contribution >= 4 is 23.7 Å². The third kappa shape index (κ3) is 5.04. The molecular formula is C22H30O9. The number of carbonyl (C=O) groups is 4. The van der Waals surface area contributed by atoms with E-state index in [9.17, 15) is 29.4 Å². The minimum absolute atomic E-state index is 0.111. The lowest BCUT2D eigenvalue weighted by Crippen LogP contribution is -2.66. The minimum Gasteiger partial charge on any atom is -0.458 e. The van der Waals surface area contributed by atoms with Crippen LogP contribution >= 0.6 is 0 Å². The van der Waals surface area contributed by atoms with Crippen molar-refractivity contribution in [1.29, 1.82) is 0 Å². The molecular weight excluding hydrogens is 408 g/mol. The van der Waals surface area contributed by atoms with Gasteiger partial charge in [-0.2, -0.15) is 0 Å². The van der Waals surface area contributed by atoms with Crippen LogP contribution in [0, 0.1) is 17.8 Å². The number of ether oxygens (including phenoxy) is 3. The molecule has 0 spiro atoms. The number of fused-ring (bicyclic) bond motifs is 1. The van der Waals surface area contributed by atoms with Crippen molar-refractivity contribution < 1.29 is 43.6 Å². The molecule has 1 fully saturated rings. The first-order valence-electron chi connectivity index (χ1n) is 10.2. The predicted octanol–water partition coefficient (Wildman–Crippen LogP) is 1.21. The Morgan fingerprint density at radius 1 is 1.32 bits per heavy atom. The number of allylic oxidation sites excluding steroid dienone is 1. The van der Waals surface area contributed by atoms with Crippen molar-refractivity contribution in [2.75, 3.05) is 0 Å². The Kier molecular flexibility index (Phi) is 7.12. The highest BCUT2D eigenvalue weighted by atomic mass is 16.7. The van der Waals surface area contributed by atoms with Crippen molar-refractivity contribution in [3.63, 3.8) is 0 Å². The number of rotatable bonds is 4. The van der Waals surface area contributed by atoms with Crippen molar-refractivity contribution in [2.45, 2.75) is 71.1 Å². The second-order valence-corrected chi connectivity index (χ2v) is 8.84. The molecule has 1 aliphatic carbocycles. The van der Waals surface area contributed by atoms with Crippen LogP contribution in [0.1, 0.15) is 47.5 Å². The summed E-state index contributed by atoms with van der Waals surface area (Å²) in [5, 5.41) is 22.8. The second kappa shape index (κ2) is 8.92. The van der Waals surface area contributed by atoms with E-state index >= 15 is 0 Å². The molecule has 1 aliphatic heterocycles. The maximum Gasteiger partial charge on any atom is 0.334 e. The summed E-state index contributed by atoms with van der Waals surface area (Å²) in [5.41, 5.74) is -2.72. The van der Waals surface area contributed by atoms with Crippen LogP contribution in [0.15, 0.2) is 24.3 Å². The van der Waals surface area contributed by atoms with Crippen molar-refractivity contribution in [3.05, 3.63) is 24.3 Å². The van der Waals surface area contributed by atoms with Crippen molar-refractivity contribution in [1.82, 2.24) is 0 Å². The topological polar surface area (TPSA) is 136 Å². The molecule has 1 heterocycles. The minimum atomic E-state index is -2.80. The Morgan fingerprint density at radius 3 is 2.48 bits per heavy atom. The second-order valence-electron chi connectivity index (χ2n) is 8.84. The molecule has 2 N–H and O–H groups in total. The monoisotopic (exact) mass is 438 g/mol. The average molecular weight is 438 g/mol. The molecule has 9 nitrogen and oxygen atoms in total. The third-order valence-corrected chi connectivity index (χ3v) is 5.41. The zero-order valence-electron chi connectivity index (χ0n) is 18.4. The molecule has 0 radical (unpaired) electrons. The molecule has 2 aliphatic rings. The largest absolute Gasteiger partial charge is 0.458 e. The summed E-state index contributed by atoms with van der Waals surface area (Å²) in [6.45, 7) is 11.0. The summed E-state index contributed by atoms with van der Waals surface area (Å²) >= 11 is 0. The standard InChI is InChI=1S/C22H30O9/c1-11(2)9-17(25)31-22(28)18-13(4)19(26)30-15(18)10-12(3)7-8-16(24)21(6,27)20(22)29-14(5)23/h7-8,11-12,15,18,20,27-28H,4,9-10H2,1-3,5-6H3/b8-7-/t12-,15+,18-,20+,21-,22-/m0/s1. The fourth-order valence-corrected chi connectivity index (χ4v) is 3.93. The van der Waals surface area contributed by atoms with Gasteiger partial charge < -0.3 is 24.4 Å². The normalized spacial score (nSPS) is 37.1. The summed E-state index contributed by atoms with van der Waals surface area (Å²) in [4.78, 5) is 49.6. The van der Waals surface area contributed by atoms with Crippen LogP contribution < -0.4 is 0 Å². The number of aliphatic hydroxyl groups is 2. The highest BCUT2D eigenvalue weighted by molar-refractivity contribution is 5.97. The maximum absolute atomic E-state index is 12.8. The summed E-state index contributed by atoms with van der Waals surface area (Å²) in [6, 6.07) is 0. The average Bonchev–Trinajstić information content (AvgIpc) is 2.89. The smallest absolute Gasteiger partial charge is 0.334 e. The van der Waals surface area contributed by atoms with E-state index in [1.165, 1.54) is 6.08 Å². The van der Waals surface area contributed by atoms with E-state index in [2.05, 4.69) is 6.58 Å². The van der Waals surface area contributed by atoms with E-state index in [1.807, 2.05) is 0 Å². The van der Waals surface area contributed by atoms with Gasteiger partial charge in [0.15, 0.2) is 11.4 Å².